The maximum absolute atomic E-state index is 5.64. The van der Waals surface area contributed by atoms with E-state index in [1.807, 2.05) is 65.4 Å². The molecule has 0 saturated carbocycles. The second kappa shape index (κ2) is 15.3. The van der Waals surface area contributed by atoms with E-state index in [0.717, 1.165) is 10.8 Å². The van der Waals surface area contributed by atoms with Crippen molar-refractivity contribution < 1.29 is 22.1 Å². The second-order valence-corrected chi connectivity index (χ2v) is 9.39. The molecule has 0 heterocycles. The highest BCUT2D eigenvalue weighted by molar-refractivity contribution is 6.62. The zero-order valence-corrected chi connectivity index (χ0v) is 19.2. The largest absolute Gasteiger partial charge is 0.497 e. The molecule has 0 atom stereocenters. The lowest BCUT2D eigenvalue weighted by Crippen LogP contribution is -2.42. The van der Waals surface area contributed by atoms with Crippen LogP contribution in [0.25, 0.3) is 6.08 Å². The molecular formula is C19H35O5Si2. The Kier molecular flexibility index (Phi) is 14.8. The minimum absolute atomic E-state index is 0.655. The zero-order chi connectivity index (χ0) is 19.8. The fraction of sp³-hybridized carbons (Fsp3) is 0.579. The van der Waals surface area contributed by atoms with Gasteiger partial charge < -0.3 is 22.1 Å². The molecule has 0 saturated heterocycles. The Bertz CT molecular complexity index is 462. The van der Waals surface area contributed by atoms with Gasteiger partial charge in [0.2, 0.25) is 0 Å². The summed E-state index contributed by atoms with van der Waals surface area (Å²) in [7, 11) is -3.59. The molecule has 0 bridgehead atoms. The Morgan fingerprint density at radius 2 is 1.31 bits per heavy atom. The van der Waals surface area contributed by atoms with Crippen molar-refractivity contribution in [3.05, 3.63) is 36.4 Å². The Balaban J connectivity index is 0.000000508. The van der Waals surface area contributed by atoms with Gasteiger partial charge in [0.05, 0.1) is 0 Å². The summed E-state index contributed by atoms with van der Waals surface area (Å²) in [6.45, 7) is 18.9. The first-order chi connectivity index (χ1) is 12.5. The highest BCUT2D eigenvalue weighted by atomic mass is 28.4. The van der Waals surface area contributed by atoms with Crippen LogP contribution in [-0.2, 0) is 22.1 Å². The van der Waals surface area contributed by atoms with Crippen molar-refractivity contribution in [3.8, 4) is 0 Å². The predicted molar refractivity (Wildman–Crippen MR) is 112 cm³/mol. The lowest BCUT2D eigenvalue weighted by Gasteiger charge is -2.23. The molecule has 1 radical (unpaired) electrons. The van der Waals surface area contributed by atoms with Gasteiger partial charge in [-0.3, -0.25) is 0 Å². The first-order valence-corrected chi connectivity index (χ1v) is 12.8. The third-order valence-corrected chi connectivity index (χ3v) is 7.61. The van der Waals surface area contributed by atoms with Gasteiger partial charge in [-0.15, -0.1) is 0 Å². The van der Waals surface area contributed by atoms with E-state index in [0.29, 0.717) is 33.0 Å². The first-order valence-electron chi connectivity index (χ1n) is 9.27. The van der Waals surface area contributed by atoms with Crippen LogP contribution >= 0.6 is 0 Å². The van der Waals surface area contributed by atoms with Crippen LogP contribution in [0.3, 0.4) is 0 Å². The van der Waals surface area contributed by atoms with Crippen LogP contribution in [0.2, 0.25) is 6.55 Å². The third kappa shape index (κ3) is 9.77. The van der Waals surface area contributed by atoms with Gasteiger partial charge in [-0.05, 0) is 40.2 Å². The van der Waals surface area contributed by atoms with Crippen molar-refractivity contribution in [3.63, 3.8) is 0 Å². The molecule has 1 aromatic rings. The molecular weight excluding hydrogens is 364 g/mol. The van der Waals surface area contributed by atoms with E-state index in [-0.39, 0.29) is 0 Å². The van der Waals surface area contributed by atoms with Gasteiger partial charge in [-0.2, -0.15) is 0 Å². The van der Waals surface area contributed by atoms with Gasteiger partial charge in [0.15, 0.2) is 0 Å². The molecule has 7 heteroatoms. The SMILES string of the molecule is C=Cc1ccccc1[Si](OCC)OCC.CCO[Si](C)(OCC)OCC. The molecule has 0 amide bonds. The maximum atomic E-state index is 5.64. The van der Waals surface area contributed by atoms with Crippen molar-refractivity contribution in [2.45, 2.75) is 41.2 Å². The first kappa shape index (κ1) is 25.2. The van der Waals surface area contributed by atoms with Crippen LogP contribution in [0.5, 0.6) is 0 Å². The van der Waals surface area contributed by atoms with Gasteiger partial charge in [-0.1, -0.05) is 36.9 Å². The van der Waals surface area contributed by atoms with E-state index < -0.39 is 18.1 Å². The molecule has 0 aliphatic carbocycles. The summed E-state index contributed by atoms with van der Waals surface area (Å²) in [5.74, 6) is 0. The zero-order valence-electron chi connectivity index (χ0n) is 17.2. The van der Waals surface area contributed by atoms with Gasteiger partial charge >= 0.3 is 18.1 Å². The summed E-state index contributed by atoms with van der Waals surface area (Å²) in [4.78, 5) is 0. The number of benzene rings is 1. The summed E-state index contributed by atoms with van der Waals surface area (Å²) in [6, 6.07) is 8.09. The van der Waals surface area contributed by atoms with Crippen LogP contribution < -0.4 is 5.19 Å². The fourth-order valence-electron chi connectivity index (χ4n) is 2.23. The number of hydrogen-bond donors (Lipinski definition) is 0. The number of hydrogen-bond acceptors (Lipinski definition) is 5. The Morgan fingerprint density at radius 1 is 0.846 bits per heavy atom. The van der Waals surface area contributed by atoms with Crippen LogP contribution in [-0.4, -0.2) is 51.1 Å². The van der Waals surface area contributed by atoms with E-state index >= 15 is 0 Å². The van der Waals surface area contributed by atoms with E-state index in [1.165, 1.54) is 0 Å². The average molecular weight is 400 g/mol. The van der Waals surface area contributed by atoms with E-state index in [4.69, 9.17) is 22.1 Å². The monoisotopic (exact) mass is 399 g/mol. The van der Waals surface area contributed by atoms with Crippen molar-refractivity contribution in [2.75, 3.05) is 33.0 Å². The molecule has 0 spiro atoms. The molecule has 149 valence electrons. The van der Waals surface area contributed by atoms with Crippen molar-refractivity contribution in [1.29, 1.82) is 0 Å². The Hall–Kier alpha value is -0.806. The van der Waals surface area contributed by atoms with Crippen LogP contribution in [0, 0.1) is 0 Å². The predicted octanol–water partition coefficient (Wildman–Crippen LogP) is 3.76. The summed E-state index contributed by atoms with van der Waals surface area (Å²) in [5, 5.41) is 1.14. The summed E-state index contributed by atoms with van der Waals surface area (Å²) in [6.07, 6.45) is 1.85. The van der Waals surface area contributed by atoms with Crippen molar-refractivity contribution in [1.82, 2.24) is 0 Å². The second-order valence-electron chi connectivity index (χ2n) is 5.11. The molecule has 0 fully saturated rings. The van der Waals surface area contributed by atoms with E-state index in [9.17, 15) is 0 Å². The highest BCUT2D eigenvalue weighted by Gasteiger charge is 2.32. The van der Waals surface area contributed by atoms with E-state index in [1.54, 1.807) is 0 Å². The van der Waals surface area contributed by atoms with Gasteiger partial charge in [-0.25, -0.2) is 0 Å². The number of rotatable bonds is 12. The maximum Gasteiger partial charge on any atom is 0.497 e. The molecule has 0 aliphatic rings. The smallest absolute Gasteiger partial charge is 0.390 e. The topological polar surface area (TPSA) is 46.2 Å². The average Bonchev–Trinajstić information content (AvgIpc) is 2.62. The van der Waals surface area contributed by atoms with Crippen LogP contribution in [0.15, 0.2) is 30.8 Å². The lowest BCUT2D eigenvalue weighted by atomic mass is 10.2. The van der Waals surface area contributed by atoms with Gasteiger partial charge in [0.25, 0.3) is 0 Å². The van der Waals surface area contributed by atoms with Crippen LogP contribution in [0.1, 0.15) is 40.2 Å². The molecule has 0 aromatic heterocycles. The summed E-state index contributed by atoms with van der Waals surface area (Å²) in [5.41, 5.74) is 1.10. The Labute approximate surface area is 162 Å². The molecule has 5 nitrogen and oxygen atoms in total. The van der Waals surface area contributed by atoms with Crippen LogP contribution in [0.4, 0.5) is 0 Å². The molecule has 0 aliphatic heterocycles. The lowest BCUT2D eigenvalue weighted by molar-refractivity contribution is 0.0783. The fourth-order valence-corrected chi connectivity index (χ4v) is 5.63. The molecule has 1 aromatic carbocycles. The van der Waals surface area contributed by atoms with Crippen molar-refractivity contribution in [2.24, 2.45) is 0 Å². The summed E-state index contributed by atoms with van der Waals surface area (Å²) < 4.78 is 27.5. The van der Waals surface area contributed by atoms with Gasteiger partial charge in [0, 0.05) is 44.8 Å². The van der Waals surface area contributed by atoms with Gasteiger partial charge in [0.1, 0.15) is 0 Å². The van der Waals surface area contributed by atoms with E-state index in [2.05, 4.69) is 12.6 Å². The Morgan fingerprint density at radius 3 is 1.69 bits per heavy atom. The molecule has 0 N–H and O–H groups in total. The standard InChI is InChI=1S/C12H17O2Si.C7H18O3Si/c1-4-11-9-7-8-10-12(11)15(13-5-2)14-6-3;1-5-8-11(4,9-6-2)10-7-3/h4,7-10H,1,5-6H2,2-3H3;5-7H2,1-4H3. The quantitative estimate of drug-likeness (QED) is 0.501. The molecule has 1 rings (SSSR count). The minimum Gasteiger partial charge on any atom is -0.390 e. The molecule has 0 unspecified atom stereocenters. The highest BCUT2D eigenvalue weighted by Crippen LogP contribution is 2.08. The molecule has 26 heavy (non-hydrogen) atoms. The third-order valence-electron chi connectivity index (χ3n) is 3.17. The van der Waals surface area contributed by atoms with Crippen molar-refractivity contribution >= 4 is 29.4 Å². The minimum atomic E-state index is -2.25. The normalized spacial score (nSPS) is 11.2. The summed E-state index contributed by atoms with van der Waals surface area (Å²) >= 11 is 0.